The Kier molecular flexibility index (Phi) is 9.20. The van der Waals surface area contributed by atoms with Crippen LogP contribution in [0.15, 0.2) is 41.7 Å². The number of benzene rings is 1. The monoisotopic (exact) mass is 501 g/mol. The molecule has 2 N–H and O–H groups in total. The summed E-state index contributed by atoms with van der Waals surface area (Å²) < 4.78 is 38.3. The van der Waals surface area contributed by atoms with E-state index in [-0.39, 0.29) is 30.5 Å². The third-order valence-electron chi connectivity index (χ3n) is 3.19. The lowest BCUT2D eigenvalue weighted by Gasteiger charge is -2.12. The van der Waals surface area contributed by atoms with Crippen LogP contribution in [0.4, 0.5) is 13.2 Å². The first-order valence-electron chi connectivity index (χ1n) is 7.76. The molecule has 5 nitrogen and oxygen atoms in total. The number of halogens is 5. The number of guanidine groups is 1. The van der Waals surface area contributed by atoms with Gasteiger partial charge in [-0.1, -0.05) is 11.6 Å². The summed E-state index contributed by atoms with van der Waals surface area (Å²) in [5.74, 6) is 0.339. The Morgan fingerprint density at radius 3 is 2.54 bits per heavy atom. The standard InChI is InChI=1S/C16H19ClF3N5.HI/c1-2-21-15(22-8-7-16(18,19)20)23-9-12-10-24-25(11-12)14-5-3-13(17)4-6-14;/h3-6,10-11H,2,7-9H2,1H3,(H2,21,22,23);1H. The van der Waals surface area contributed by atoms with Crippen molar-refractivity contribution in [2.45, 2.75) is 26.1 Å². The van der Waals surface area contributed by atoms with Gasteiger partial charge in [0, 0.05) is 29.9 Å². The summed E-state index contributed by atoms with van der Waals surface area (Å²) in [6.07, 6.45) is -1.63. The molecular formula is C16H20ClF3IN5. The molecule has 0 atom stereocenters. The van der Waals surface area contributed by atoms with Gasteiger partial charge in [0.1, 0.15) is 0 Å². The minimum atomic E-state index is -4.19. The minimum absolute atomic E-state index is 0. The Balaban J connectivity index is 0.00000338. The number of aromatic nitrogens is 2. The lowest BCUT2D eigenvalue weighted by molar-refractivity contribution is -0.132. The Hall–Kier alpha value is -1.49. The summed E-state index contributed by atoms with van der Waals surface area (Å²) in [7, 11) is 0. The van der Waals surface area contributed by atoms with Crippen LogP contribution in [0.3, 0.4) is 0 Å². The van der Waals surface area contributed by atoms with Crippen LogP contribution < -0.4 is 10.6 Å². The molecule has 0 saturated heterocycles. The van der Waals surface area contributed by atoms with Gasteiger partial charge >= 0.3 is 6.18 Å². The van der Waals surface area contributed by atoms with E-state index < -0.39 is 12.6 Å². The maximum atomic E-state index is 12.2. The fourth-order valence-corrected chi connectivity index (χ4v) is 2.14. The average molecular weight is 502 g/mol. The van der Waals surface area contributed by atoms with Crippen LogP contribution in [0.5, 0.6) is 0 Å². The maximum Gasteiger partial charge on any atom is 0.390 e. The molecule has 0 unspecified atom stereocenters. The lowest BCUT2D eigenvalue weighted by Crippen LogP contribution is -2.38. The number of nitrogens with zero attached hydrogens (tertiary/aromatic N) is 3. The van der Waals surface area contributed by atoms with E-state index in [2.05, 4.69) is 20.7 Å². The van der Waals surface area contributed by atoms with Gasteiger partial charge in [-0.3, -0.25) is 0 Å². The molecule has 2 aromatic rings. The van der Waals surface area contributed by atoms with Crippen molar-refractivity contribution in [2.75, 3.05) is 13.1 Å². The molecule has 144 valence electrons. The third-order valence-corrected chi connectivity index (χ3v) is 3.44. The number of nitrogens with one attached hydrogen (secondary N) is 2. The summed E-state index contributed by atoms with van der Waals surface area (Å²) in [6.45, 7) is 2.48. The highest BCUT2D eigenvalue weighted by Gasteiger charge is 2.26. The Labute approximate surface area is 172 Å². The van der Waals surface area contributed by atoms with Gasteiger partial charge in [0.05, 0.1) is 24.8 Å². The first kappa shape index (κ1) is 22.6. The van der Waals surface area contributed by atoms with E-state index in [1.807, 2.05) is 25.3 Å². The largest absolute Gasteiger partial charge is 0.390 e. The predicted octanol–water partition coefficient (Wildman–Crippen LogP) is 4.15. The van der Waals surface area contributed by atoms with E-state index in [9.17, 15) is 13.2 Å². The molecule has 0 radical (unpaired) electrons. The maximum absolute atomic E-state index is 12.2. The molecule has 1 aromatic carbocycles. The second-order valence-electron chi connectivity index (χ2n) is 5.26. The van der Waals surface area contributed by atoms with Gasteiger partial charge in [-0.05, 0) is 31.2 Å². The van der Waals surface area contributed by atoms with E-state index in [4.69, 9.17) is 11.6 Å². The van der Waals surface area contributed by atoms with Gasteiger partial charge in [-0.15, -0.1) is 24.0 Å². The van der Waals surface area contributed by atoms with E-state index in [0.29, 0.717) is 24.1 Å². The summed E-state index contributed by atoms with van der Waals surface area (Å²) in [5, 5.41) is 10.5. The topological polar surface area (TPSA) is 54.2 Å². The van der Waals surface area contributed by atoms with Crippen LogP contribution in [0.1, 0.15) is 18.9 Å². The van der Waals surface area contributed by atoms with Gasteiger partial charge in [0.25, 0.3) is 0 Å². The molecule has 26 heavy (non-hydrogen) atoms. The van der Waals surface area contributed by atoms with E-state index >= 15 is 0 Å². The van der Waals surface area contributed by atoms with Gasteiger partial charge in [-0.25, -0.2) is 9.67 Å². The molecule has 1 aromatic heterocycles. The average Bonchev–Trinajstić information content (AvgIpc) is 3.01. The molecule has 1 heterocycles. The molecule has 0 aliphatic carbocycles. The van der Waals surface area contributed by atoms with Crippen LogP contribution in [-0.4, -0.2) is 35.0 Å². The van der Waals surface area contributed by atoms with Gasteiger partial charge in [0.15, 0.2) is 5.96 Å². The van der Waals surface area contributed by atoms with Gasteiger partial charge < -0.3 is 10.6 Å². The number of aliphatic imine (C=N–C) groups is 1. The van der Waals surface area contributed by atoms with E-state index in [0.717, 1.165) is 11.3 Å². The summed E-state index contributed by atoms with van der Waals surface area (Å²) in [4.78, 5) is 4.28. The molecule has 0 fully saturated rings. The highest BCUT2D eigenvalue weighted by molar-refractivity contribution is 14.0. The van der Waals surface area contributed by atoms with Crippen molar-refractivity contribution in [3.8, 4) is 5.69 Å². The zero-order chi connectivity index (χ0) is 18.3. The fourth-order valence-electron chi connectivity index (χ4n) is 2.01. The Morgan fingerprint density at radius 2 is 1.92 bits per heavy atom. The van der Waals surface area contributed by atoms with Crippen molar-refractivity contribution in [3.63, 3.8) is 0 Å². The van der Waals surface area contributed by atoms with Crippen molar-refractivity contribution in [1.29, 1.82) is 0 Å². The normalized spacial score (nSPS) is 11.8. The number of rotatable bonds is 6. The summed E-state index contributed by atoms with van der Waals surface area (Å²) in [5.41, 5.74) is 1.69. The fraction of sp³-hybridized carbons (Fsp3) is 0.375. The summed E-state index contributed by atoms with van der Waals surface area (Å²) in [6, 6.07) is 7.21. The first-order valence-corrected chi connectivity index (χ1v) is 8.13. The highest BCUT2D eigenvalue weighted by Crippen LogP contribution is 2.18. The number of alkyl halides is 3. The van der Waals surface area contributed by atoms with Crippen molar-refractivity contribution >= 4 is 41.5 Å². The zero-order valence-electron chi connectivity index (χ0n) is 14.1. The quantitative estimate of drug-likeness (QED) is 0.355. The molecule has 10 heteroatoms. The van der Waals surface area contributed by atoms with Crippen LogP contribution in [0.25, 0.3) is 5.69 Å². The molecule has 0 saturated carbocycles. The zero-order valence-corrected chi connectivity index (χ0v) is 17.1. The van der Waals surface area contributed by atoms with E-state index in [1.165, 1.54) is 0 Å². The molecule has 0 amide bonds. The van der Waals surface area contributed by atoms with Crippen LogP contribution in [-0.2, 0) is 6.54 Å². The Bertz CT molecular complexity index is 701. The van der Waals surface area contributed by atoms with Crippen LogP contribution >= 0.6 is 35.6 Å². The minimum Gasteiger partial charge on any atom is -0.357 e. The third kappa shape index (κ3) is 7.81. The van der Waals surface area contributed by atoms with Crippen molar-refractivity contribution in [3.05, 3.63) is 47.2 Å². The highest BCUT2D eigenvalue weighted by atomic mass is 127. The van der Waals surface area contributed by atoms with Crippen LogP contribution in [0.2, 0.25) is 5.02 Å². The smallest absolute Gasteiger partial charge is 0.357 e. The first-order chi connectivity index (χ1) is 11.9. The van der Waals surface area contributed by atoms with Crippen molar-refractivity contribution in [1.82, 2.24) is 20.4 Å². The second kappa shape index (κ2) is 10.6. The lowest BCUT2D eigenvalue weighted by atomic mass is 10.3. The summed E-state index contributed by atoms with van der Waals surface area (Å²) >= 11 is 5.86. The van der Waals surface area contributed by atoms with Gasteiger partial charge in [0.2, 0.25) is 0 Å². The molecule has 2 rings (SSSR count). The molecule has 0 bridgehead atoms. The van der Waals surface area contributed by atoms with Gasteiger partial charge in [-0.2, -0.15) is 18.3 Å². The number of hydrogen-bond donors (Lipinski definition) is 2. The van der Waals surface area contributed by atoms with Crippen molar-refractivity contribution < 1.29 is 13.2 Å². The second-order valence-corrected chi connectivity index (χ2v) is 5.69. The van der Waals surface area contributed by atoms with Crippen LogP contribution in [0, 0.1) is 0 Å². The molecule has 0 aliphatic rings. The molecular weight excluding hydrogens is 482 g/mol. The Morgan fingerprint density at radius 1 is 1.23 bits per heavy atom. The molecule has 0 aliphatic heterocycles. The number of hydrogen-bond acceptors (Lipinski definition) is 2. The van der Waals surface area contributed by atoms with Crippen molar-refractivity contribution in [2.24, 2.45) is 4.99 Å². The predicted molar refractivity (Wildman–Crippen MR) is 107 cm³/mol. The van der Waals surface area contributed by atoms with E-state index in [1.54, 1.807) is 23.0 Å². The SMILES string of the molecule is CCNC(=NCc1cnn(-c2ccc(Cl)cc2)c1)NCCC(F)(F)F.I. The molecule has 0 spiro atoms.